The fourth-order valence-corrected chi connectivity index (χ4v) is 2.54. The van der Waals surface area contributed by atoms with Crippen molar-refractivity contribution in [1.82, 2.24) is 5.32 Å². The first-order valence-corrected chi connectivity index (χ1v) is 6.39. The molecule has 4 nitrogen and oxygen atoms in total. The Morgan fingerprint density at radius 2 is 1.94 bits per heavy atom. The molecule has 0 spiro atoms. The van der Waals surface area contributed by atoms with E-state index >= 15 is 0 Å². The van der Waals surface area contributed by atoms with Gasteiger partial charge in [-0.05, 0) is 56.0 Å². The van der Waals surface area contributed by atoms with Crippen LogP contribution in [0.15, 0.2) is 12.1 Å². The summed E-state index contributed by atoms with van der Waals surface area (Å²) >= 11 is 0. The van der Waals surface area contributed by atoms with Crippen LogP contribution in [0.5, 0.6) is 17.2 Å². The molecule has 1 saturated heterocycles. The van der Waals surface area contributed by atoms with E-state index in [2.05, 4.69) is 5.32 Å². The molecule has 0 radical (unpaired) electrons. The van der Waals surface area contributed by atoms with Crippen LogP contribution in [0.2, 0.25) is 0 Å². The molecule has 1 aromatic rings. The van der Waals surface area contributed by atoms with Gasteiger partial charge < -0.3 is 19.9 Å². The number of hydrogen-bond acceptors (Lipinski definition) is 4. The second kappa shape index (κ2) is 5.96. The third kappa shape index (κ3) is 2.88. The first-order valence-electron chi connectivity index (χ1n) is 6.39. The zero-order chi connectivity index (χ0) is 13.0. The van der Waals surface area contributed by atoms with Crippen molar-refractivity contribution in [2.24, 2.45) is 5.92 Å². The maximum atomic E-state index is 9.92. The van der Waals surface area contributed by atoms with E-state index in [1.54, 1.807) is 13.2 Å². The van der Waals surface area contributed by atoms with E-state index in [9.17, 15) is 5.11 Å². The number of aromatic hydroxyl groups is 1. The molecule has 1 fully saturated rings. The molecule has 0 unspecified atom stereocenters. The number of hydrogen-bond donors (Lipinski definition) is 2. The van der Waals surface area contributed by atoms with Crippen LogP contribution in [0.3, 0.4) is 0 Å². The molecule has 1 heterocycles. The van der Waals surface area contributed by atoms with Gasteiger partial charge in [-0.25, -0.2) is 0 Å². The predicted molar refractivity (Wildman–Crippen MR) is 70.5 cm³/mol. The van der Waals surface area contributed by atoms with Crippen LogP contribution < -0.4 is 14.8 Å². The van der Waals surface area contributed by atoms with Gasteiger partial charge in [0.15, 0.2) is 11.5 Å². The van der Waals surface area contributed by atoms with Crippen LogP contribution in [0, 0.1) is 5.92 Å². The quantitative estimate of drug-likeness (QED) is 0.859. The minimum atomic E-state index is 0.154. The van der Waals surface area contributed by atoms with Crippen LogP contribution in [0.4, 0.5) is 0 Å². The largest absolute Gasteiger partial charge is 0.504 e. The summed E-state index contributed by atoms with van der Waals surface area (Å²) in [7, 11) is 3.12. The molecule has 2 N–H and O–H groups in total. The lowest BCUT2D eigenvalue weighted by atomic mass is 9.91. The second-order valence-electron chi connectivity index (χ2n) is 4.75. The Morgan fingerprint density at radius 1 is 1.22 bits per heavy atom. The molecular weight excluding hydrogens is 230 g/mol. The Balaban J connectivity index is 2.15. The SMILES string of the molecule is COc1cc(CC2CCNCC2)cc(O)c1OC. The maximum Gasteiger partial charge on any atom is 0.203 e. The highest BCUT2D eigenvalue weighted by molar-refractivity contribution is 5.53. The van der Waals surface area contributed by atoms with Crippen molar-refractivity contribution in [3.05, 3.63) is 17.7 Å². The van der Waals surface area contributed by atoms with Crippen LogP contribution >= 0.6 is 0 Å². The fourth-order valence-electron chi connectivity index (χ4n) is 2.54. The monoisotopic (exact) mass is 251 g/mol. The van der Waals surface area contributed by atoms with Crippen molar-refractivity contribution in [3.8, 4) is 17.2 Å². The van der Waals surface area contributed by atoms with Gasteiger partial charge in [0.2, 0.25) is 5.75 Å². The van der Waals surface area contributed by atoms with Crippen molar-refractivity contribution in [3.63, 3.8) is 0 Å². The smallest absolute Gasteiger partial charge is 0.203 e. The van der Waals surface area contributed by atoms with Crippen molar-refractivity contribution < 1.29 is 14.6 Å². The number of piperidine rings is 1. The first-order chi connectivity index (χ1) is 8.74. The molecule has 0 amide bonds. The van der Waals surface area contributed by atoms with E-state index in [0.29, 0.717) is 17.4 Å². The van der Waals surface area contributed by atoms with Gasteiger partial charge in [0.1, 0.15) is 0 Å². The number of benzene rings is 1. The van der Waals surface area contributed by atoms with Gasteiger partial charge in [0, 0.05) is 0 Å². The van der Waals surface area contributed by atoms with Gasteiger partial charge in [-0.1, -0.05) is 0 Å². The predicted octanol–water partition coefficient (Wildman–Crippen LogP) is 1.95. The minimum absolute atomic E-state index is 0.154. The summed E-state index contributed by atoms with van der Waals surface area (Å²) < 4.78 is 10.4. The molecule has 4 heteroatoms. The van der Waals surface area contributed by atoms with Gasteiger partial charge >= 0.3 is 0 Å². The number of nitrogens with one attached hydrogen (secondary N) is 1. The number of phenols is 1. The molecule has 1 aromatic carbocycles. The van der Waals surface area contributed by atoms with E-state index in [4.69, 9.17) is 9.47 Å². The summed E-state index contributed by atoms with van der Waals surface area (Å²) in [5.74, 6) is 1.84. The Hall–Kier alpha value is -1.42. The zero-order valence-corrected chi connectivity index (χ0v) is 11.0. The summed E-state index contributed by atoms with van der Waals surface area (Å²) in [6.45, 7) is 2.17. The van der Waals surface area contributed by atoms with E-state index in [0.717, 1.165) is 25.1 Å². The van der Waals surface area contributed by atoms with Gasteiger partial charge in [0.25, 0.3) is 0 Å². The Bertz CT molecular complexity index is 400. The summed E-state index contributed by atoms with van der Waals surface area (Å²) in [6.07, 6.45) is 3.36. The van der Waals surface area contributed by atoms with Crippen LogP contribution in [-0.2, 0) is 6.42 Å². The van der Waals surface area contributed by atoms with Crippen molar-refractivity contribution >= 4 is 0 Å². The lowest BCUT2D eigenvalue weighted by molar-refractivity contribution is 0.330. The molecule has 0 bridgehead atoms. The van der Waals surface area contributed by atoms with E-state index < -0.39 is 0 Å². The van der Waals surface area contributed by atoms with Crippen LogP contribution in [0.1, 0.15) is 18.4 Å². The van der Waals surface area contributed by atoms with Crippen molar-refractivity contribution in [2.75, 3.05) is 27.3 Å². The number of ether oxygens (including phenoxy) is 2. The van der Waals surface area contributed by atoms with Gasteiger partial charge in [-0.3, -0.25) is 0 Å². The summed E-state index contributed by atoms with van der Waals surface area (Å²) in [4.78, 5) is 0. The molecule has 0 aromatic heterocycles. The lowest BCUT2D eigenvalue weighted by Crippen LogP contribution is -2.28. The Morgan fingerprint density at radius 3 is 2.56 bits per heavy atom. The van der Waals surface area contributed by atoms with Crippen molar-refractivity contribution in [2.45, 2.75) is 19.3 Å². The topological polar surface area (TPSA) is 50.7 Å². The van der Waals surface area contributed by atoms with Crippen LogP contribution in [-0.4, -0.2) is 32.4 Å². The average molecular weight is 251 g/mol. The van der Waals surface area contributed by atoms with E-state index in [1.165, 1.54) is 20.0 Å². The summed E-state index contributed by atoms with van der Waals surface area (Å²) in [5, 5.41) is 13.3. The molecular formula is C14H21NO3. The lowest BCUT2D eigenvalue weighted by Gasteiger charge is -2.23. The number of rotatable bonds is 4. The summed E-state index contributed by atoms with van der Waals surface area (Å²) in [5.41, 5.74) is 1.11. The number of phenolic OH excluding ortho intramolecular Hbond substituents is 1. The Labute approximate surface area is 108 Å². The molecule has 1 aliphatic rings. The molecule has 2 rings (SSSR count). The first kappa shape index (κ1) is 13.0. The fraction of sp³-hybridized carbons (Fsp3) is 0.571. The maximum absolute atomic E-state index is 9.92. The van der Waals surface area contributed by atoms with Gasteiger partial charge in [0.05, 0.1) is 14.2 Å². The van der Waals surface area contributed by atoms with Crippen LogP contribution in [0.25, 0.3) is 0 Å². The highest BCUT2D eigenvalue weighted by Gasteiger charge is 2.17. The number of methoxy groups -OCH3 is 2. The summed E-state index contributed by atoms with van der Waals surface area (Å²) in [6, 6.07) is 3.74. The van der Waals surface area contributed by atoms with E-state index in [-0.39, 0.29) is 5.75 Å². The van der Waals surface area contributed by atoms with Crippen molar-refractivity contribution in [1.29, 1.82) is 0 Å². The van der Waals surface area contributed by atoms with Gasteiger partial charge in [-0.15, -0.1) is 0 Å². The molecule has 0 aliphatic carbocycles. The molecule has 100 valence electrons. The molecule has 1 aliphatic heterocycles. The second-order valence-corrected chi connectivity index (χ2v) is 4.75. The minimum Gasteiger partial charge on any atom is -0.504 e. The molecule has 0 atom stereocenters. The molecule has 0 saturated carbocycles. The highest BCUT2D eigenvalue weighted by atomic mass is 16.5. The zero-order valence-electron chi connectivity index (χ0n) is 11.0. The third-order valence-electron chi connectivity index (χ3n) is 3.50. The molecule has 18 heavy (non-hydrogen) atoms. The standard InChI is InChI=1S/C14H21NO3/c1-17-13-9-11(8-12(16)14(13)18-2)7-10-3-5-15-6-4-10/h8-10,15-16H,3-7H2,1-2H3. The van der Waals surface area contributed by atoms with E-state index in [1.807, 2.05) is 6.07 Å². The Kier molecular flexibility index (Phi) is 4.31. The van der Waals surface area contributed by atoms with Gasteiger partial charge in [-0.2, -0.15) is 0 Å². The average Bonchev–Trinajstić information content (AvgIpc) is 2.39. The normalized spacial score (nSPS) is 16.6. The third-order valence-corrected chi connectivity index (χ3v) is 3.50. The highest BCUT2D eigenvalue weighted by Crippen LogP contribution is 2.38.